The van der Waals surface area contributed by atoms with Crippen molar-refractivity contribution in [3.8, 4) is 0 Å². The Kier molecular flexibility index (Phi) is 5.13. The van der Waals surface area contributed by atoms with E-state index < -0.39 is 0 Å². The van der Waals surface area contributed by atoms with Gasteiger partial charge in [0.1, 0.15) is 0 Å². The Balaban J connectivity index is 1.61. The van der Waals surface area contributed by atoms with E-state index in [2.05, 4.69) is 34.2 Å². The third-order valence-corrected chi connectivity index (χ3v) is 5.83. The van der Waals surface area contributed by atoms with Crippen LogP contribution in [0.4, 0.5) is 0 Å². The van der Waals surface area contributed by atoms with Crippen LogP contribution in [0.2, 0.25) is 0 Å². The van der Waals surface area contributed by atoms with Gasteiger partial charge < -0.3 is 15.0 Å². The highest BCUT2D eigenvalue weighted by Crippen LogP contribution is 2.47. The Labute approximate surface area is 145 Å². The fraction of sp³-hybridized carbons (Fsp3) is 0.778. The van der Waals surface area contributed by atoms with Gasteiger partial charge in [-0.2, -0.15) is 5.10 Å². The number of aliphatic imine (C=N–C) groups is 1. The summed E-state index contributed by atoms with van der Waals surface area (Å²) in [5, 5.41) is 8.19. The highest BCUT2D eigenvalue weighted by atomic mass is 16.5. The molecule has 1 aliphatic heterocycles. The van der Waals surface area contributed by atoms with Crippen molar-refractivity contribution in [2.45, 2.75) is 52.6 Å². The fourth-order valence-corrected chi connectivity index (χ4v) is 4.09. The van der Waals surface area contributed by atoms with Gasteiger partial charge >= 0.3 is 0 Å². The predicted octanol–water partition coefficient (Wildman–Crippen LogP) is 2.10. The van der Waals surface area contributed by atoms with Crippen LogP contribution < -0.4 is 5.32 Å². The van der Waals surface area contributed by atoms with Crippen LogP contribution in [0, 0.1) is 19.3 Å². The first-order chi connectivity index (χ1) is 11.6. The number of aryl methyl sites for hydroxylation is 1. The number of nitrogens with zero attached hydrogens (tertiary/aromatic N) is 4. The summed E-state index contributed by atoms with van der Waals surface area (Å²) in [7, 11) is 3.61. The van der Waals surface area contributed by atoms with E-state index in [1.807, 2.05) is 11.7 Å². The van der Waals surface area contributed by atoms with Crippen molar-refractivity contribution < 1.29 is 4.74 Å². The molecular formula is C18H31N5O. The second-order valence-corrected chi connectivity index (χ2v) is 7.29. The van der Waals surface area contributed by atoms with E-state index in [1.165, 1.54) is 36.9 Å². The lowest BCUT2D eigenvalue weighted by Crippen LogP contribution is -2.42. The summed E-state index contributed by atoms with van der Waals surface area (Å²) in [5.41, 5.74) is 4.16. The van der Waals surface area contributed by atoms with Crippen molar-refractivity contribution in [2.75, 3.05) is 33.9 Å². The number of nitrogens with one attached hydrogen (secondary N) is 1. The van der Waals surface area contributed by atoms with Crippen molar-refractivity contribution >= 4 is 5.96 Å². The van der Waals surface area contributed by atoms with Crippen LogP contribution in [0.15, 0.2) is 4.99 Å². The summed E-state index contributed by atoms with van der Waals surface area (Å²) in [6, 6.07) is 0. The first-order valence-corrected chi connectivity index (χ1v) is 9.06. The Hall–Kier alpha value is -1.56. The van der Waals surface area contributed by atoms with Crippen LogP contribution in [0.1, 0.15) is 42.6 Å². The van der Waals surface area contributed by atoms with Crippen LogP contribution in [0.25, 0.3) is 0 Å². The molecule has 1 saturated carbocycles. The van der Waals surface area contributed by atoms with Gasteiger partial charge in [0.25, 0.3) is 0 Å². The molecule has 2 aliphatic rings. The second kappa shape index (κ2) is 7.13. The number of likely N-dealkylation sites (tertiary alicyclic amines) is 1. The number of rotatable bonds is 5. The van der Waals surface area contributed by atoms with Crippen LogP contribution >= 0.6 is 0 Å². The Morgan fingerprint density at radius 1 is 1.33 bits per heavy atom. The molecule has 0 bridgehead atoms. The summed E-state index contributed by atoms with van der Waals surface area (Å²) in [4.78, 5) is 6.94. The van der Waals surface area contributed by atoms with E-state index in [1.54, 1.807) is 7.11 Å². The molecule has 0 aromatic carbocycles. The minimum Gasteiger partial charge on any atom is -0.383 e. The number of aromatic nitrogens is 2. The van der Waals surface area contributed by atoms with Crippen molar-refractivity contribution in [2.24, 2.45) is 10.4 Å². The summed E-state index contributed by atoms with van der Waals surface area (Å²) >= 11 is 0. The van der Waals surface area contributed by atoms with E-state index in [0.29, 0.717) is 12.0 Å². The Morgan fingerprint density at radius 3 is 2.71 bits per heavy atom. The lowest BCUT2D eigenvalue weighted by Gasteiger charge is -2.38. The highest BCUT2D eigenvalue weighted by Gasteiger charge is 2.43. The van der Waals surface area contributed by atoms with Gasteiger partial charge in [-0.1, -0.05) is 6.42 Å². The lowest BCUT2D eigenvalue weighted by atomic mass is 9.68. The van der Waals surface area contributed by atoms with Gasteiger partial charge in [-0.3, -0.25) is 9.67 Å². The molecule has 1 N–H and O–H groups in total. The number of hydrogen-bond donors (Lipinski definition) is 1. The summed E-state index contributed by atoms with van der Waals surface area (Å²) < 4.78 is 7.21. The zero-order chi connectivity index (χ0) is 17.2. The van der Waals surface area contributed by atoms with Crippen molar-refractivity contribution in [1.29, 1.82) is 0 Å². The fourth-order valence-electron chi connectivity index (χ4n) is 4.09. The maximum atomic E-state index is 5.17. The van der Waals surface area contributed by atoms with E-state index in [-0.39, 0.29) is 0 Å². The number of guanidine groups is 1. The molecule has 0 atom stereocenters. The average molecular weight is 333 g/mol. The minimum absolute atomic E-state index is 0.592. The molecule has 1 spiro atoms. The van der Waals surface area contributed by atoms with E-state index >= 15 is 0 Å². The van der Waals surface area contributed by atoms with Crippen molar-refractivity contribution in [1.82, 2.24) is 20.0 Å². The van der Waals surface area contributed by atoms with Crippen LogP contribution in [0.3, 0.4) is 0 Å². The van der Waals surface area contributed by atoms with Gasteiger partial charge in [0.2, 0.25) is 0 Å². The SMILES string of the molecule is CN=C(NCc1c(C)nn(CCOC)c1C)N1CCC2(CCC2)C1. The monoisotopic (exact) mass is 333 g/mol. The lowest BCUT2D eigenvalue weighted by molar-refractivity contribution is 0.151. The molecule has 1 aromatic heterocycles. The summed E-state index contributed by atoms with van der Waals surface area (Å²) in [5.74, 6) is 1.03. The summed E-state index contributed by atoms with van der Waals surface area (Å²) in [6.45, 7) is 8.77. The standard InChI is InChI=1S/C18H31N5O/c1-14-16(15(2)23(21-14)10-11-24-4)12-20-17(19-3)22-9-8-18(13-22)6-5-7-18/h5-13H2,1-4H3,(H,19,20). The topological polar surface area (TPSA) is 54.7 Å². The molecule has 0 radical (unpaired) electrons. The second-order valence-electron chi connectivity index (χ2n) is 7.29. The highest BCUT2D eigenvalue weighted by molar-refractivity contribution is 5.80. The molecule has 1 aromatic rings. The Morgan fingerprint density at radius 2 is 2.12 bits per heavy atom. The molecule has 1 saturated heterocycles. The van der Waals surface area contributed by atoms with Gasteiger partial charge in [0.05, 0.1) is 18.8 Å². The molecule has 24 heavy (non-hydrogen) atoms. The maximum absolute atomic E-state index is 5.17. The van der Waals surface area contributed by atoms with Crippen LogP contribution in [-0.2, 0) is 17.8 Å². The molecule has 0 unspecified atom stereocenters. The average Bonchev–Trinajstić information content (AvgIpc) is 3.10. The zero-order valence-electron chi connectivity index (χ0n) is 15.6. The van der Waals surface area contributed by atoms with Gasteiger partial charge in [-0.15, -0.1) is 0 Å². The molecule has 1 aliphatic carbocycles. The molecule has 2 fully saturated rings. The maximum Gasteiger partial charge on any atom is 0.193 e. The number of hydrogen-bond acceptors (Lipinski definition) is 3. The van der Waals surface area contributed by atoms with Crippen LogP contribution in [0.5, 0.6) is 0 Å². The van der Waals surface area contributed by atoms with Gasteiger partial charge in [0.15, 0.2) is 5.96 Å². The van der Waals surface area contributed by atoms with E-state index in [9.17, 15) is 0 Å². The predicted molar refractivity (Wildman–Crippen MR) is 96.2 cm³/mol. The van der Waals surface area contributed by atoms with Crippen LogP contribution in [-0.4, -0.2) is 54.5 Å². The van der Waals surface area contributed by atoms with E-state index in [4.69, 9.17) is 4.74 Å². The van der Waals surface area contributed by atoms with Gasteiger partial charge in [0, 0.05) is 45.0 Å². The normalized spacial score (nSPS) is 19.8. The molecule has 0 amide bonds. The third kappa shape index (κ3) is 3.29. The van der Waals surface area contributed by atoms with E-state index in [0.717, 1.165) is 37.8 Å². The Bertz CT molecular complexity index is 603. The van der Waals surface area contributed by atoms with Crippen molar-refractivity contribution in [3.63, 3.8) is 0 Å². The largest absolute Gasteiger partial charge is 0.383 e. The summed E-state index contributed by atoms with van der Waals surface area (Å²) in [6.07, 6.45) is 5.51. The molecule has 3 rings (SSSR count). The van der Waals surface area contributed by atoms with Crippen molar-refractivity contribution in [3.05, 3.63) is 17.0 Å². The first kappa shape index (κ1) is 17.3. The number of ether oxygens (including phenoxy) is 1. The minimum atomic E-state index is 0.592. The quantitative estimate of drug-likeness (QED) is 0.662. The zero-order valence-corrected chi connectivity index (χ0v) is 15.6. The van der Waals surface area contributed by atoms with Gasteiger partial charge in [-0.25, -0.2) is 0 Å². The third-order valence-electron chi connectivity index (χ3n) is 5.83. The number of methoxy groups -OCH3 is 1. The smallest absolute Gasteiger partial charge is 0.193 e. The molecule has 6 heteroatoms. The molecule has 2 heterocycles. The molecular weight excluding hydrogens is 302 g/mol. The van der Waals surface area contributed by atoms with Gasteiger partial charge in [-0.05, 0) is 38.5 Å². The molecule has 134 valence electrons. The molecule has 6 nitrogen and oxygen atoms in total. The first-order valence-electron chi connectivity index (χ1n) is 9.06.